The Morgan fingerprint density at radius 3 is 2.42 bits per heavy atom. The maximum absolute atomic E-state index is 9.58. The van der Waals surface area contributed by atoms with Crippen LogP contribution >= 0.6 is 0 Å². The van der Waals surface area contributed by atoms with E-state index < -0.39 is 5.54 Å². The summed E-state index contributed by atoms with van der Waals surface area (Å²) in [6, 6.07) is 11.1. The van der Waals surface area contributed by atoms with Gasteiger partial charge in [-0.25, -0.2) is 0 Å². The average Bonchev–Trinajstić information content (AvgIpc) is 3.27. The zero-order valence-electron chi connectivity index (χ0n) is 12.1. The molecule has 1 aliphatic rings. The molecule has 2 rings (SSSR count). The molecule has 1 aliphatic carbocycles. The van der Waals surface area contributed by atoms with Gasteiger partial charge in [0.2, 0.25) is 0 Å². The number of nitriles is 1. The summed E-state index contributed by atoms with van der Waals surface area (Å²) >= 11 is 0. The van der Waals surface area contributed by atoms with E-state index in [2.05, 4.69) is 54.4 Å². The largest absolute Gasteiger partial charge is 0.369 e. The number of likely N-dealkylation sites (N-methyl/N-ethyl adjacent to an activating group) is 2. The zero-order chi connectivity index (χ0) is 13.9. The SMILES string of the molecule is CCN(CC(C#N)(NC)C1CC1)c1ccc(C)cc1. The molecule has 1 unspecified atom stereocenters. The number of rotatable bonds is 6. The van der Waals surface area contributed by atoms with Crippen LogP contribution in [0.25, 0.3) is 0 Å². The van der Waals surface area contributed by atoms with Crippen molar-refractivity contribution in [3.05, 3.63) is 29.8 Å². The van der Waals surface area contributed by atoms with E-state index in [0.29, 0.717) is 5.92 Å². The van der Waals surface area contributed by atoms with Crippen molar-refractivity contribution < 1.29 is 0 Å². The Morgan fingerprint density at radius 2 is 2.00 bits per heavy atom. The monoisotopic (exact) mass is 257 g/mol. The minimum atomic E-state index is -0.402. The number of hydrogen-bond donors (Lipinski definition) is 1. The van der Waals surface area contributed by atoms with Crippen molar-refractivity contribution in [3.8, 4) is 6.07 Å². The molecular formula is C16H23N3. The molecule has 0 aromatic heterocycles. The van der Waals surface area contributed by atoms with E-state index in [-0.39, 0.29) is 0 Å². The fraction of sp³-hybridized carbons (Fsp3) is 0.562. The third kappa shape index (κ3) is 2.90. The first-order valence-electron chi connectivity index (χ1n) is 7.07. The van der Waals surface area contributed by atoms with E-state index in [1.54, 1.807) is 0 Å². The number of benzene rings is 1. The molecule has 1 N–H and O–H groups in total. The van der Waals surface area contributed by atoms with Gasteiger partial charge in [0.1, 0.15) is 5.54 Å². The molecule has 0 heterocycles. The highest BCUT2D eigenvalue weighted by molar-refractivity contribution is 5.48. The van der Waals surface area contributed by atoms with Gasteiger partial charge in [0.05, 0.1) is 6.07 Å². The van der Waals surface area contributed by atoms with Crippen molar-refractivity contribution in [1.29, 1.82) is 5.26 Å². The van der Waals surface area contributed by atoms with Gasteiger partial charge in [-0.05, 0) is 51.8 Å². The quantitative estimate of drug-likeness (QED) is 0.851. The van der Waals surface area contributed by atoms with Crippen molar-refractivity contribution in [3.63, 3.8) is 0 Å². The Kier molecular flexibility index (Phi) is 4.11. The molecule has 0 saturated heterocycles. The van der Waals surface area contributed by atoms with Crippen LogP contribution in [0.5, 0.6) is 0 Å². The predicted molar refractivity (Wildman–Crippen MR) is 79.2 cm³/mol. The Morgan fingerprint density at radius 1 is 1.37 bits per heavy atom. The van der Waals surface area contributed by atoms with Crippen LogP contribution in [-0.4, -0.2) is 25.7 Å². The number of nitrogens with zero attached hydrogens (tertiary/aromatic N) is 2. The van der Waals surface area contributed by atoms with Gasteiger partial charge in [-0.2, -0.15) is 5.26 Å². The fourth-order valence-corrected chi connectivity index (χ4v) is 2.61. The zero-order valence-corrected chi connectivity index (χ0v) is 12.1. The van der Waals surface area contributed by atoms with E-state index >= 15 is 0 Å². The summed E-state index contributed by atoms with van der Waals surface area (Å²) in [7, 11) is 1.91. The van der Waals surface area contributed by atoms with Gasteiger partial charge in [-0.1, -0.05) is 17.7 Å². The third-order valence-corrected chi connectivity index (χ3v) is 4.14. The first kappa shape index (κ1) is 13.9. The van der Waals surface area contributed by atoms with Crippen LogP contribution in [0.1, 0.15) is 25.3 Å². The Balaban J connectivity index is 2.18. The number of aryl methyl sites for hydroxylation is 1. The second-order valence-electron chi connectivity index (χ2n) is 5.46. The predicted octanol–water partition coefficient (Wildman–Crippen LogP) is 2.71. The van der Waals surface area contributed by atoms with Crippen molar-refractivity contribution in [1.82, 2.24) is 5.32 Å². The Bertz CT molecular complexity index is 456. The second-order valence-corrected chi connectivity index (χ2v) is 5.46. The summed E-state index contributed by atoms with van der Waals surface area (Å²) in [5.74, 6) is 0.502. The highest BCUT2D eigenvalue weighted by Gasteiger charge is 2.45. The molecule has 1 aromatic rings. The highest BCUT2D eigenvalue weighted by Crippen LogP contribution is 2.40. The van der Waals surface area contributed by atoms with Crippen LogP contribution in [0, 0.1) is 24.2 Å². The van der Waals surface area contributed by atoms with Crippen molar-refractivity contribution in [2.24, 2.45) is 5.92 Å². The van der Waals surface area contributed by atoms with Gasteiger partial charge in [0, 0.05) is 18.8 Å². The molecule has 1 aromatic carbocycles. The molecule has 1 atom stereocenters. The van der Waals surface area contributed by atoms with Crippen molar-refractivity contribution >= 4 is 5.69 Å². The van der Waals surface area contributed by atoms with E-state index in [0.717, 1.165) is 13.1 Å². The first-order chi connectivity index (χ1) is 9.15. The summed E-state index contributed by atoms with van der Waals surface area (Å²) in [4.78, 5) is 2.29. The van der Waals surface area contributed by atoms with Crippen LogP contribution in [0.2, 0.25) is 0 Å². The molecule has 0 aliphatic heterocycles. The molecule has 3 heteroatoms. The summed E-state index contributed by atoms with van der Waals surface area (Å²) in [5.41, 5.74) is 2.06. The highest BCUT2D eigenvalue weighted by atomic mass is 15.2. The van der Waals surface area contributed by atoms with Gasteiger partial charge >= 0.3 is 0 Å². The van der Waals surface area contributed by atoms with Gasteiger partial charge in [0.25, 0.3) is 0 Å². The van der Waals surface area contributed by atoms with E-state index in [4.69, 9.17) is 0 Å². The van der Waals surface area contributed by atoms with Crippen LogP contribution < -0.4 is 10.2 Å². The molecular weight excluding hydrogens is 234 g/mol. The molecule has 102 valence electrons. The normalized spacial score (nSPS) is 17.6. The molecule has 1 fully saturated rings. The fourth-order valence-electron chi connectivity index (χ4n) is 2.61. The molecule has 0 amide bonds. The minimum Gasteiger partial charge on any atom is -0.369 e. The summed E-state index contributed by atoms with van der Waals surface area (Å²) in [6.07, 6.45) is 2.33. The van der Waals surface area contributed by atoms with Gasteiger partial charge in [-0.15, -0.1) is 0 Å². The van der Waals surface area contributed by atoms with Crippen LogP contribution in [-0.2, 0) is 0 Å². The van der Waals surface area contributed by atoms with Crippen LogP contribution in [0.15, 0.2) is 24.3 Å². The van der Waals surface area contributed by atoms with E-state index in [9.17, 15) is 5.26 Å². The maximum Gasteiger partial charge on any atom is 0.126 e. The second kappa shape index (κ2) is 5.63. The molecule has 3 nitrogen and oxygen atoms in total. The summed E-state index contributed by atoms with van der Waals surface area (Å²) in [6.45, 7) is 5.91. The van der Waals surface area contributed by atoms with Gasteiger partial charge in [0.15, 0.2) is 0 Å². The van der Waals surface area contributed by atoms with Crippen molar-refractivity contribution in [2.75, 3.05) is 25.0 Å². The van der Waals surface area contributed by atoms with E-state index in [1.165, 1.54) is 24.1 Å². The average molecular weight is 257 g/mol. The molecule has 0 radical (unpaired) electrons. The maximum atomic E-state index is 9.58. The summed E-state index contributed by atoms with van der Waals surface area (Å²) in [5, 5.41) is 12.9. The van der Waals surface area contributed by atoms with Gasteiger partial charge < -0.3 is 10.2 Å². The lowest BCUT2D eigenvalue weighted by molar-refractivity contribution is 0.393. The van der Waals surface area contributed by atoms with Crippen LogP contribution in [0.3, 0.4) is 0 Å². The molecule has 1 saturated carbocycles. The smallest absolute Gasteiger partial charge is 0.126 e. The number of nitrogens with one attached hydrogen (secondary N) is 1. The van der Waals surface area contributed by atoms with Crippen molar-refractivity contribution in [2.45, 2.75) is 32.2 Å². The lowest BCUT2D eigenvalue weighted by Gasteiger charge is -2.34. The lowest BCUT2D eigenvalue weighted by Crippen LogP contribution is -2.53. The third-order valence-electron chi connectivity index (χ3n) is 4.14. The number of anilines is 1. The topological polar surface area (TPSA) is 39.1 Å². The Labute approximate surface area is 116 Å². The Hall–Kier alpha value is -1.53. The molecule has 19 heavy (non-hydrogen) atoms. The standard InChI is InChI=1S/C16H23N3/c1-4-19(15-9-5-13(2)6-10-15)12-16(11-17,18-3)14-7-8-14/h5-6,9-10,14,18H,4,7-8,12H2,1-3H3. The van der Waals surface area contributed by atoms with Crippen LogP contribution in [0.4, 0.5) is 5.69 Å². The molecule has 0 bridgehead atoms. The first-order valence-corrected chi connectivity index (χ1v) is 7.07. The minimum absolute atomic E-state index is 0.402. The lowest BCUT2D eigenvalue weighted by atomic mass is 9.94. The molecule has 0 spiro atoms. The summed E-state index contributed by atoms with van der Waals surface area (Å²) < 4.78 is 0. The number of hydrogen-bond acceptors (Lipinski definition) is 3. The van der Waals surface area contributed by atoms with E-state index in [1.807, 2.05) is 7.05 Å². The van der Waals surface area contributed by atoms with Gasteiger partial charge in [-0.3, -0.25) is 0 Å².